The van der Waals surface area contributed by atoms with Crippen LogP contribution in [0.1, 0.15) is 37.5 Å². The molecule has 0 aromatic heterocycles. The van der Waals surface area contributed by atoms with Gasteiger partial charge in [-0.05, 0) is 61.7 Å². The van der Waals surface area contributed by atoms with Crippen LogP contribution in [0.3, 0.4) is 0 Å². The predicted molar refractivity (Wildman–Crippen MR) is 123 cm³/mol. The van der Waals surface area contributed by atoms with Crippen molar-refractivity contribution in [3.63, 3.8) is 0 Å². The molecule has 1 atom stereocenters. The standard InChI is InChI=1S/C24H22F3NO2S2/c1-13-18(12-31-17-10-8-15(9-11-17)23(2,3)22(29)30)32-21(20-19(13)28-20)14-4-6-16(7-5-14)24(25,26)27/h4-11,19,28H,12H2,1-3H3,(H,29,30). The second-order valence-electron chi connectivity index (χ2n) is 8.35. The van der Waals surface area contributed by atoms with Crippen LogP contribution >= 0.6 is 23.5 Å². The lowest BCUT2D eigenvalue weighted by Gasteiger charge is -2.20. The number of hydrogen-bond donors (Lipinski definition) is 2. The zero-order chi connectivity index (χ0) is 23.3. The number of nitrogens with one attached hydrogen (secondary N) is 1. The van der Waals surface area contributed by atoms with E-state index in [9.17, 15) is 23.1 Å². The number of alkyl halides is 3. The van der Waals surface area contributed by atoms with Gasteiger partial charge in [-0.15, -0.1) is 11.8 Å². The van der Waals surface area contributed by atoms with Crippen molar-refractivity contribution in [3.8, 4) is 0 Å². The average molecular weight is 478 g/mol. The quantitative estimate of drug-likeness (QED) is 0.366. The van der Waals surface area contributed by atoms with Gasteiger partial charge < -0.3 is 10.4 Å². The van der Waals surface area contributed by atoms with E-state index < -0.39 is 23.1 Å². The van der Waals surface area contributed by atoms with Crippen molar-refractivity contribution in [2.75, 3.05) is 5.75 Å². The monoisotopic (exact) mass is 477 g/mol. The molecule has 2 aliphatic heterocycles. The summed E-state index contributed by atoms with van der Waals surface area (Å²) in [5.41, 5.74) is 2.24. The van der Waals surface area contributed by atoms with E-state index in [0.717, 1.165) is 44.5 Å². The highest BCUT2D eigenvalue weighted by molar-refractivity contribution is 8.13. The maximum absolute atomic E-state index is 12.9. The first-order valence-electron chi connectivity index (χ1n) is 10.0. The molecule has 0 aliphatic carbocycles. The third kappa shape index (κ3) is 4.43. The Hall–Kier alpha value is -2.32. The molecule has 2 aromatic carbocycles. The summed E-state index contributed by atoms with van der Waals surface area (Å²) >= 11 is 3.26. The molecule has 2 aliphatic rings. The Bertz CT molecular complexity index is 1120. The third-order valence-corrected chi connectivity index (χ3v) is 8.40. The van der Waals surface area contributed by atoms with Gasteiger partial charge in [0.15, 0.2) is 0 Å². The summed E-state index contributed by atoms with van der Waals surface area (Å²) < 4.78 is 38.6. The van der Waals surface area contributed by atoms with Crippen LogP contribution in [-0.2, 0) is 16.4 Å². The van der Waals surface area contributed by atoms with Crippen molar-refractivity contribution in [2.45, 2.75) is 43.3 Å². The van der Waals surface area contributed by atoms with E-state index in [0.29, 0.717) is 0 Å². The van der Waals surface area contributed by atoms with Crippen LogP contribution in [0.4, 0.5) is 13.2 Å². The van der Waals surface area contributed by atoms with E-state index in [-0.39, 0.29) is 6.04 Å². The number of thioether (sulfide) groups is 2. The Balaban J connectivity index is 1.46. The molecule has 0 radical (unpaired) electrons. The molecule has 3 nitrogen and oxygen atoms in total. The molecule has 0 amide bonds. The number of halogens is 3. The van der Waals surface area contributed by atoms with Crippen molar-refractivity contribution < 1.29 is 23.1 Å². The Morgan fingerprint density at radius 2 is 1.66 bits per heavy atom. The first-order valence-corrected chi connectivity index (χ1v) is 11.8. The van der Waals surface area contributed by atoms with Gasteiger partial charge in [-0.1, -0.05) is 36.0 Å². The number of fused-ring (bicyclic) bond motifs is 1. The van der Waals surface area contributed by atoms with Crippen LogP contribution in [0.5, 0.6) is 0 Å². The van der Waals surface area contributed by atoms with Gasteiger partial charge in [0, 0.05) is 20.5 Å². The van der Waals surface area contributed by atoms with Gasteiger partial charge in [-0.25, -0.2) is 0 Å². The molecule has 8 heteroatoms. The molecule has 2 heterocycles. The summed E-state index contributed by atoms with van der Waals surface area (Å²) in [6.07, 6.45) is -4.34. The molecule has 0 bridgehead atoms. The van der Waals surface area contributed by atoms with E-state index >= 15 is 0 Å². The van der Waals surface area contributed by atoms with E-state index in [1.807, 2.05) is 24.3 Å². The number of rotatable bonds is 6. The van der Waals surface area contributed by atoms with Crippen molar-refractivity contribution in [3.05, 3.63) is 81.4 Å². The largest absolute Gasteiger partial charge is 0.481 e. The van der Waals surface area contributed by atoms with Gasteiger partial charge in [0.05, 0.1) is 22.7 Å². The number of hydrogen-bond acceptors (Lipinski definition) is 4. The van der Waals surface area contributed by atoms with E-state index in [1.54, 1.807) is 37.4 Å². The summed E-state index contributed by atoms with van der Waals surface area (Å²) in [4.78, 5) is 14.6. The molecule has 32 heavy (non-hydrogen) atoms. The lowest BCUT2D eigenvalue weighted by atomic mass is 9.85. The highest BCUT2D eigenvalue weighted by Gasteiger charge is 2.40. The zero-order valence-corrected chi connectivity index (χ0v) is 19.3. The summed E-state index contributed by atoms with van der Waals surface area (Å²) in [5, 5.41) is 12.7. The second-order valence-corrected chi connectivity index (χ2v) is 10.5. The first kappa shape index (κ1) is 22.9. The number of aliphatic carboxylic acids is 1. The van der Waals surface area contributed by atoms with Crippen LogP contribution in [0, 0.1) is 0 Å². The fourth-order valence-corrected chi connectivity index (χ4v) is 5.80. The van der Waals surface area contributed by atoms with Gasteiger partial charge >= 0.3 is 12.1 Å². The molecule has 2 N–H and O–H groups in total. The molecule has 1 saturated heterocycles. The Kier molecular flexibility index (Phi) is 5.88. The van der Waals surface area contributed by atoms with E-state index in [2.05, 4.69) is 12.2 Å². The van der Waals surface area contributed by atoms with Crippen molar-refractivity contribution in [1.82, 2.24) is 5.32 Å². The Labute approximate surface area is 193 Å². The minimum Gasteiger partial charge on any atom is -0.481 e. The van der Waals surface area contributed by atoms with Gasteiger partial charge in [0.25, 0.3) is 0 Å². The molecule has 4 rings (SSSR count). The number of carboxylic acid groups (broad SMARTS) is 1. The van der Waals surface area contributed by atoms with Gasteiger partial charge in [-0.3, -0.25) is 4.79 Å². The summed E-state index contributed by atoms with van der Waals surface area (Å²) in [7, 11) is 0. The maximum atomic E-state index is 12.9. The van der Waals surface area contributed by atoms with Crippen LogP contribution in [0.2, 0.25) is 0 Å². The summed E-state index contributed by atoms with van der Waals surface area (Å²) in [6.45, 7) is 5.44. The van der Waals surface area contributed by atoms with Crippen LogP contribution in [-0.4, -0.2) is 22.9 Å². The molecule has 1 fully saturated rings. The molecule has 1 unspecified atom stereocenters. The van der Waals surface area contributed by atoms with Crippen LogP contribution < -0.4 is 5.32 Å². The normalized spacial score (nSPS) is 18.4. The highest BCUT2D eigenvalue weighted by atomic mass is 32.2. The third-order valence-electron chi connectivity index (χ3n) is 5.80. The van der Waals surface area contributed by atoms with Crippen LogP contribution in [0.15, 0.2) is 69.6 Å². The van der Waals surface area contributed by atoms with Crippen molar-refractivity contribution >= 4 is 34.4 Å². The van der Waals surface area contributed by atoms with Gasteiger partial charge in [-0.2, -0.15) is 13.2 Å². The fourth-order valence-electron chi connectivity index (χ4n) is 3.46. The molecular formula is C24H22F3NO2S2. The zero-order valence-electron chi connectivity index (χ0n) is 17.7. The Morgan fingerprint density at radius 3 is 2.22 bits per heavy atom. The average Bonchev–Trinajstić information content (AvgIpc) is 3.54. The maximum Gasteiger partial charge on any atom is 0.416 e. The van der Waals surface area contributed by atoms with Crippen LogP contribution in [0.25, 0.3) is 4.91 Å². The number of benzene rings is 2. The second kappa shape index (κ2) is 8.23. The lowest BCUT2D eigenvalue weighted by molar-refractivity contribution is -0.142. The number of carbonyl (C=O) groups is 1. The molecule has 168 valence electrons. The van der Waals surface area contributed by atoms with Crippen molar-refractivity contribution in [2.24, 2.45) is 0 Å². The van der Waals surface area contributed by atoms with E-state index in [4.69, 9.17) is 0 Å². The molecule has 0 saturated carbocycles. The van der Waals surface area contributed by atoms with Crippen molar-refractivity contribution in [1.29, 1.82) is 0 Å². The number of carboxylic acids is 1. The SMILES string of the molecule is CC1=C(CSc2ccc(C(C)(C)C(=O)O)cc2)SC(c2ccc(C(F)(F)F)cc2)=C2NC12. The van der Waals surface area contributed by atoms with Gasteiger partial charge in [0.1, 0.15) is 0 Å². The van der Waals surface area contributed by atoms with E-state index in [1.165, 1.54) is 22.6 Å². The summed E-state index contributed by atoms with van der Waals surface area (Å²) in [5.74, 6) is -0.138. The smallest absolute Gasteiger partial charge is 0.416 e. The molecule has 2 aromatic rings. The molecule has 0 spiro atoms. The topological polar surface area (TPSA) is 59.2 Å². The lowest BCUT2D eigenvalue weighted by Crippen LogP contribution is -2.28. The summed E-state index contributed by atoms with van der Waals surface area (Å²) in [6, 6.07) is 13.0. The Morgan fingerprint density at radius 1 is 1.06 bits per heavy atom. The minimum absolute atomic E-state index is 0.155. The minimum atomic E-state index is -4.34. The predicted octanol–water partition coefficient (Wildman–Crippen LogP) is 6.52. The van der Waals surface area contributed by atoms with Gasteiger partial charge in [0.2, 0.25) is 0 Å². The first-order chi connectivity index (χ1) is 15.0. The fraction of sp³-hybridized carbons (Fsp3) is 0.292. The molecular weight excluding hydrogens is 455 g/mol. The highest BCUT2D eigenvalue weighted by Crippen LogP contribution is 2.50.